The van der Waals surface area contributed by atoms with E-state index in [2.05, 4.69) is 36.0 Å². The Balaban J connectivity index is 2.23. The maximum absolute atomic E-state index is 11.3. The van der Waals surface area contributed by atoms with Crippen molar-refractivity contribution in [1.29, 1.82) is 0 Å². The van der Waals surface area contributed by atoms with Crippen LogP contribution >= 0.6 is 27.5 Å². The van der Waals surface area contributed by atoms with E-state index < -0.39 is 5.97 Å². The summed E-state index contributed by atoms with van der Waals surface area (Å²) in [6.07, 6.45) is 2.84. The van der Waals surface area contributed by atoms with E-state index in [-0.39, 0.29) is 5.69 Å². The standard InChI is InChI=1S/C12H9BrClN3O2/c1-19-12(18)10-5-15-6-11(17-10)16-7-2-3-8(13)9(14)4-7/h2-6H,1H3,(H,16,17). The summed E-state index contributed by atoms with van der Waals surface area (Å²) in [5.74, 6) is -0.105. The first kappa shape index (κ1) is 13.8. The van der Waals surface area contributed by atoms with Crippen LogP contribution in [0.1, 0.15) is 10.5 Å². The molecular formula is C12H9BrClN3O2. The molecule has 2 rings (SSSR count). The fourth-order valence-electron chi connectivity index (χ4n) is 1.35. The number of benzene rings is 1. The summed E-state index contributed by atoms with van der Waals surface area (Å²) in [4.78, 5) is 19.3. The Kier molecular flexibility index (Phi) is 4.34. The van der Waals surface area contributed by atoms with Crippen molar-refractivity contribution in [2.45, 2.75) is 0 Å². The summed E-state index contributed by atoms with van der Waals surface area (Å²) in [6.45, 7) is 0. The van der Waals surface area contributed by atoms with Crippen molar-refractivity contribution in [3.05, 3.63) is 45.8 Å². The molecular weight excluding hydrogens is 334 g/mol. The second-order valence-corrected chi connectivity index (χ2v) is 4.80. The molecule has 98 valence electrons. The molecule has 0 bridgehead atoms. The highest BCUT2D eigenvalue weighted by molar-refractivity contribution is 9.10. The SMILES string of the molecule is COC(=O)c1cncc(Nc2ccc(Br)c(Cl)c2)n1. The molecule has 5 nitrogen and oxygen atoms in total. The Hall–Kier alpha value is -1.66. The molecule has 0 radical (unpaired) electrons. The fourth-order valence-corrected chi connectivity index (χ4v) is 1.78. The van der Waals surface area contributed by atoms with Gasteiger partial charge in [-0.2, -0.15) is 0 Å². The van der Waals surface area contributed by atoms with E-state index in [0.29, 0.717) is 10.8 Å². The molecule has 0 saturated carbocycles. The number of hydrogen-bond donors (Lipinski definition) is 1. The van der Waals surface area contributed by atoms with Crippen molar-refractivity contribution in [3.8, 4) is 0 Å². The molecule has 0 saturated heterocycles. The van der Waals surface area contributed by atoms with Gasteiger partial charge >= 0.3 is 5.97 Å². The lowest BCUT2D eigenvalue weighted by molar-refractivity contribution is 0.0593. The van der Waals surface area contributed by atoms with Gasteiger partial charge in [-0.05, 0) is 34.1 Å². The zero-order valence-electron chi connectivity index (χ0n) is 9.85. The van der Waals surface area contributed by atoms with Gasteiger partial charge in [0, 0.05) is 10.2 Å². The van der Waals surface area contributed by atoms with Crippen LogP contribution in [0.15, 0.2) is 35.1 Å². The number of nitrogens with one attached hydrogen (secondary N) is 1. The van der Waals surface area contributed by atoms with Gasteiger partial charge in [0.15, 0.2) is 5.69 Å². The first-order valence-electron chi connectivity index (χ1n) is 5.22. The number of rotatable bonds is 3. The fraction of sp³-hybridized carbons (Fsp3) is 0.0833. The largest absolute Gasteiger partial charge is 0.464 e. The molecule has 0 fully saturated rings. The van der Waals surface area contributed by atoms with Crippen LogP contribution in [0.4, 0.5) is 11.5 Å². The highest BCUT2D eigenvalue weighted by Crippen LogP contribution is 2.26. The summed E-state index contributed by atoms with van der Waals surface area (Å²) < 4.78 is 5.38. The monoisotopic (exact) mass is 341 g/mol. The van der Waals surface area contributed by atoms with Crippen LogP contribution in [0, 0.1) is 0 Å². The van der Waals surface area contributed by atoms with Gasteiger partial charge < -0.3 is 10.1 Å². The second kappa shape index (κ2) is 5.99. The van der Waals surface area contributed by atoms with Crippen LogP contribution < -0.4 is 5.32 Å². The van der Waals surface area contributed by atoms with E-state index in [1.165, 1.54) is 19.5 Å². The van der Waals surface area contributed by atoms with Gasteiger partial charge in [-0.15, -0.1) is 0 Å². The Bertz CT molecular complexity index is 622. The first-order valence-corrected chi connectivity index (χ1v) is 6.39. The molecule has 1 heterocycles. The predicted octanol–water partition coefficient (Wildman–Crippen LogP) is 3.42. The number of ether oxygens (including phenoxy) is 1. The third-order valence-electron chi connectivity index (χ3n) is 2.22. The minimum atomic E-state index is -0.537. The van der Waals surface area contributed by atoms with Crippen LogP contribution in [0.3, 0.4) is 0 Å². The molecule has 0 atom stereocenters. The first-order chi connectivity index (χ1) is 9.10. The third-order valence-corrected chi connectivity index (χ3v) is 3.45. The number of esters is 1. The normalized spacial score (nSPS) is 10.1. The molecule has 0 amide bonds. The lowest BCUT2D eigenvalue weighted by Gasteiger charge is -2.07. The van der Waals surface area contributed by atoms with Crippen LogP contribution in [-0.4, -0.2) is 23.0 Å². The zero-order chi connectivity index (χ0) is 13.8. The molecule has 0 spiro atoms. The van der Waals surface area contributed by atoms with E-state index in [4.69, 9.17) is 11.6 Å². The minimum Gasteiger partial charge on any atom is -0.464 e. The van der Waals surface area contributed by atoms with E-state index in [0.717, 1.165) is 10.2 Å². The molecule has 2 aromatic rings. The van der Waals surface area contributed by atoms with Crippen LogP contribution in [0.2, 0.25) is 5.02 Å². The third kappa shape index (κ3) is 3.42. The van der Waals surface area contributed by atoms with Crippen molar-refractivity contribution < 1.29 is 9.53 Å². The van der Waals surface area contributed by atoms with Crippen LogP contribution in [0.25, 0.3) is 0 Å². The number of aromatic nitrogens is 2. The summed E-state index contributed by atoms with van der Waals surface area (Å²) in [5.41, 5.74) is 0.875. The van der Waals surface area contributed by atoms with Gasteiger partial charge in [0.05, 0.1) is 24.5 Å². The van der Waals surface area contributed by atoms with Crippen molar-refractivity contribution in [3.63, 3.8) is 0 Å². The summed E-state index contributed by atoms with van der Waals surface area (Å²) in [5, 5.41) is 3.58. The minimum absolute atomic E-state index is 0.135. The zero-order valence-corrected chi connectivity index (χ0v) is 12.2. The number of methoxy groups -OCH3 is 1. The Morgan fingerprint density at radius 2 is 2.21 bits per heavy atom. The van der Waals surface area contributed by atoms with E-state index in [1.54, 1.807) is 6.07 Å². The second-order valence-electron chi connectivity index (χ2n) is 3.54. The summed E-state index contributed by atoms with van der Waals surface area (Å²) >= 11 is 9.29. The average Bonchev–Trinajstić information content (AvgIpc) is 2.42. The quantitative estimate of drug-likeness (QED) is 0.866. The highest BCUT2D eigenvalue weighted by Gasteiger charge is 2.08. The Morgan fingerprint density at radius 1 is 1.42 bits per heavy atom. The predicted molar refractivity (Wildman–Crippen MR) is 75.8 cm³/mol. The molecule has 1 aromatic heterocycles. The number of halogens is 2. The molecule has 0 aliphatic heterocycles. The van der Waals surface area contributed by atoms with Crippen molar-refractivity contribution >= 4 is 45.0 Å². The van der Waals surface area contributed by atoms with Crippen LogP contribution in [-0.2, 0) is 4.74 Å². The Morgan fingerprint density at radius 3 is 2.89 bits per heavy atom. The van der Waals surface area contributed by atoms with Gasteiger partial charge in [-0.3, -0.25) is 4.98 Å². The molecule has 19 heavy (non-hydrogen) atoms. The van der Waals surface area contributed by atoms with Crippen molar-refractivity contribution in [1.82, 2.24) is 9.97 Å². The lowest BCUT2D eigenvalue weighted by atomic mass is 10.3. The maximum atomic E-state index is 11.3. The van der Waals surface area contributed by atoms with Gasteiger partial charge in [0.1, 0.15) is 5.82 Å². The Labute approximate surface area is 123 Å². The number of hydrogen-bond acceptors (Lipinski definition) is 5. The average molecular weight is 343 g/mol. The van der Waals surface area contributed by atoms with Gasteiger partial charge in [0.2, 0.25) is 0 Å². The lowest BCUT2D eigenvalue weighted by Crippen LogP contribution is -2.06. The van der Waals surface area contributed by atoms with E-state index >= 15 is 0 Å². The number of carbonyl (C=O) groups excluding carboxylic acids is 1. The maximum Gasteiger partial charge on any atom is 0.358 e. The molecule has 7 heteroatoms. The van der Waals surface area contributed by atoms with E-state index in [1.807, 2.05) is 12.1 Å². The molecule has 1 aromatic carbocycles. The van der Waals surface area contributed by atoms with E-state index in [9.17, 15) is 4.79 Å². The smallest absolute Gasteiger partial charge is 0.358 e. The van der Waals surface area contributed by atoms with Gasteiger partial charge in [-0.25, -0.2) is 9.78 Å². The van der Waals surface area contributed by atoms with Gasteiger partial charge in [0.25, 0.3) is 0 Å². The van der Waals surface area contributed by atoms with Crippen molar-refractivity contribution in [2.24, 2.45) is 0 Å². The summed E-state index contributed by atoms with van der Waals surface area (Å²) in [7, 11) is 1.29. The topological polar surface area (TPSA) is 64.1 Å². The number of nitrogens with zero attached hydrogens (tertiary/aromatic N) is 2. The van der Waals surface area contributed by atoms with Crippen molar-refractivity contribution in [2.75, 3.05) is 12.4 Å². The number of carbonyl (C=O) groups is 1. The van der Waals surface area contributed by atoms with Gasteiger partial charge in [-0.1, -0.05) is 11.6 Å². The molecule has 0 aliphatic carbocycles. The molecule has 0 aliphatic rings. The highest BCUT2D eigenvalue weighted by atomic mass is 79.9. The molecule has 1 N–H and O–H groups in total. The number of anilines is 2. The van der Waals surface area contributed by atoms with Crippen LogP contribution in [0.5, 0.6) is 0 Å². The molecule has 0 unspecified atom stereocenters. The summed E-state index contributed by atoms with van der Waals surface area (Å²) in [6, 6.07) is 5.36.